The zero-order valence-corrected chi connectivity index (χ0v) is 11.6. The molecule has 2 nitrogen and oxygen atoms in total. The number of hydrogen-bond donors (Lipinski definition) is 2. The van der Waals surface area contributed by atoms with Crippen molar-refractivity contribution in [1.29, 1.82) is 0 Å². The number of halogens is 2. The van der Waals surface area contributed by atoms with Crippen LogP contribution in [0.4, 0.5) is 15.8 Å². The van der Waals surface area contributed by atoms with E-state index in [0.29, 0.717) is 17.1 Å². The maximum atomic E-state index is 13.2. The van der Waals surface area contributed by atoms with Crippen LogP contribution in [0.5, 0.6) is 0 Å². The van der Waals surface area contributed by atoms with Crippen LogP contribution < -0.4 is 11.1 Å². The molecule has 3 N–H and O–H groups in total. The Balaban J connectivity index is 2.12. The van der Waals surface area contributed by atoms with Gasteiger partial charge in [-0.3, -0.25) is 0 Å². The summed E-state index contributed by atoms with van der Waals surface area (Å²) in [7, 11) is 0. The quantitative estimate of drug-likeness (QED) is 0.780. The molecule has 1 aliphatic rings. The molecule has 4 heteroatoms. The highest BCUT2D eigenvalue weighted by molar-refractivity contribution is 6.31. The molecule has 18 heavy (non-hydrogen) atoms. The van der Waals surface area contributed by atoms with E-state index < -0.39 is 5.82 Å². The van der Waals surface area contributed by atoms with Crippen molar-refractivity contribution in [1.82, 2.24) is 0 Å². The molecule has 100 valence electrons. The van der Waals surface area contributed by atoms with Crippen LogP contribution in [0.3, 0.4) is 0 Å². The topological polar surface area (TPSA) is 38.0 Å². The molecule has 1 saturated carbocycles. The van der Waals surface area contributed by atoms with Gasteiger partial charge in [0.05, 0.1) is 16.4 Å². The maximum absolute atomic E-state index is 13.2. The van der Waals surface area contributed by atoms with E-state index in [4.69, 9.17) is 17.3 Å². The number of anilines is 2. The van der Waals surface area contributed by atoms with Gasteiger partial charge in [-0.1, -0.05) is 31.9 Å². The molecule has 0 radical (unpaired) electrons. The second-order valence-electron chi connectivity index (χ2n) is 5.96. The average molecular weight is 271 g/mol. The minimum atomic E-state index is -0.469. The molecule has 0 amide bonds. The molecular weight excluding hydrogens is 251 g/mol. The van der Waals surface area contributed by atoms with E-state index in [1.807, 2.05) is 0 Å². The number of nitrogens with two attached hydrogens (primary N) is 1. The van der Waals surface area contributed by atoms with Gasteiger partial charge >= 0.3 is 0 Å². The summed E-state index contributed by atoms with van der Waals surface area (Å²) in [5, 5.41) is 3.51. The summed E-state index contributed by atoms with van der Waals surface area (Å²) in [6.07, 6.45) is 4.68. The fourth-order valence-electron chi connectivity index (χ4n) is 2.73. The van der Waals surface area contributed by atoms with E-state index in [1.165, 1.54) is 18.9 Å². The van der Waals surface area contributed by atoms with Crippen LogP contribution in [0.15, 0.2) is 12.1 Å². The summed E-state index contributed by atoms with van der Waals surface area (Å²) in [6.45, 7) is 4.56. The van der Waals surface area contributed by atoms with Crippen LogP contribution in [0.25, 0.3) is 0 Å². The molecule has 1 aromatic carbocycles. The molecule has 1 fully saturated rings. The Labute approximate surface area is 113 Å². The van der Waals surface area contributed by atoms with Crippen LogP contribution in [0, 0.1) is 11.2 Å². The first kappa shape index (κ1) is 13.5. The van der Waals surface area contributed by atoms with E-state index in [9.17, 15) is 4.39 Å². The van der Waals surface area contributed by atoms with Crippen molar-refractivity contribution in [2.45, 2.75) is 45.6 Å². The molecule has 0 aromatic heterocycles. The van der Waals surface area contributed by atoms with Crippen molar-refractivity contribution in [3.63, 3.8) is 0 Å². The number of nitrogens with one attached hydrogen (secondary N) is 1. The SMILES string of the molecule is CC1(C)CCCC(Nc2cc(Cl)c(F)cc2N)C1. The zero-order valence-electron chi connectivity index (χ0n) is 10.9. The van der Waals surface area contributed by atoms with Crippen LogP contribution >= 0.6 is 11.6 Å². The van der Waals surface area contributed by atoms with E-state index in [2.05, 4.69) is 19.2 Å². The Hall–Kier alpha value is -0.960. The third-order valence-electron chi connectivity index (χ3n) is 3.66. The van der Waals surface area contributed by atoms with Crippen LogP contribution in [-0.4, -0.2) is 6.04 Å². The van der Waals surface area contributed by atoms with Gasteiger partial charge in [-0.25, -0.2) is 4.39 Å². The fraction of sp³-hybridized carbons (Fsp3) is 0.571. The normalized spacial score (nSPS) is 22.8. The lowest BCUT2D eigenvalue weighted by molar-refractivity contribution is 0.229. The largest absolute Gasteiger partial charge is 0.397 e. The molecule has 1 unspecified atom stereocenters. The smallest absolute Gasteiger partial charge is 0.143 e. The number of benzene rings is 1. The van der Waals surface area contributed by atoms with E-state index in [-0.39, 0.29) is 5.02 Å². The number of nitrogen functional groups attached to an aromatic ring is 1. The molecule has 0 saturated heterocycles. The predicted molar refractivity (Wildman–Crippen MR) is 75.5 cm³/mol. The van der Waals surface area contributed by atoms with Gasteiger partial charge in [-0.2, -0.15) is 0 Å². The first-order chi connectivity index (χ1) is 8.37. The average Bonchev–Trinajstić information content (AvgIpc) is 2.24. The Morgan fingerprint density at radius 1 is 1.44 bits per heavy atom. The van der Waals surface area contributed by atoms with Crippen molar-refractivity contribution < 1.29 is 4.39 Å². The lowest BCUT2D eigenvalue weighted by Crippen LogP contribution is -2.32. The number of hydrogen-bond acceptors (Lipinski definition) is 2. The van der Waals surface area contributed by atoms with E-state index in [1.54, 1.807) is 6.07 Å². The predicted octanol–water partition coefficient (Wildman–Crippen LogP) is 4.44. The van der Waals surface area contributed by atoms with Gasteiger partial charge in [0.25, 0.3) is 0 Å². The van der Waals surface area contributed by atoms with E-state index in [0.717, 1.165) is 18.5 Å². The van der Waals surface area contributed by atoms with Gasteiger partial charge < -0.3 is 11.1 Å². The second-order valence-corrected chi connectivity index (χ2v) is 6.36. The summed E-state index contributed by atoms with van der Waals surface area (Å²) in [4.78, 5) is 0. The zero-order chi connectivity index (χ0) is 13.3. The molecule has 2 rings (SSSR count). The van der Waals surface area contributed by atoms with Gasteiger partial charge in [0, 0.05) is 12.1 Å². The van der Waals surface area contributed by atoms with Crippen molar-refractivity contribution in [3.8, 4) is 0 Å². The van der Waals surface area contributed by atoms with Crippen molar-refractivity contribution in [3.05, 3.63) is 23.0 Å². The summed E-state index contributed by atoms with van der Waals surface area (Å²) in [5.74, 6) is -0.469. The minimum absolute atomic E-state index is 0.113. The molecular formula is C14H20ClFN2. The molecule has 0 bridgehead atoms. The van der Waals surface area contributed by atoms with Crippen LogP contribution in [-0.2, 0) is 0 Å². The number of rotatable bonds is 2. The van der Waals surface area contributed by atoms with Gasteiger partial charge in [-0.15, -0.1) is 0 Å². The van der Waals surface area contributed by atoms with Crippen molar-refractivity contribution in [2.75, 3.05) is 11.1 Å². The van der Waals surface area contributed by atoms with Crippen LogP contribution in [0.1, 0.15) is 39.5 Å². The molecule has 0 heterocycles. The van der Waals surface area contributed by atoms with Crippen molar-refractivity contribution >= 4 is 23.0 Å². The van der Waals surface area contributed by atoms with Gasteiger partial charge in [-0.05, 0) is 30.7 Å². The summed E-state index contributed by atoms with van der Waals surface area (Å²) in [5.41, 5.74) is 7.33. The lowest BCUT2D eigenvalue weighted by Gasteiger charge is -2.36. The van der Waals surface area contributed by atoms with Gasteiger partial charge in [0.1, 0.15) is 5.82 Å². The third-order valence-corrected chi connectivity index (χ3v) is 3.95. The summed E-state index contributed by atoms with van der Waals surface area (Å²) < 4.78 is 13.2. The lowest BCUT2D eigenvalue weighted by atomic mass is 9.75. The highest BCUT2D eigenvalue weighted by Crippen LogP contribution is 2.37. The molecule has 1 atom stereocenters. The van der Waals surface area contributed by atoms with Gasteiger partial charge in [0.15, 0.2) is 0 Å². The summed E-state index contributed by atoms with van der Waals surface area (Å²) in [6, 6.07) is 3.24. The standard InChI is InChI=1S/C14H20ClFN2/c1-14(2)5-3-4-9(8-14)18-13-6-10(15)11(16)7-12(13)17/h6-7,9,18H,3-5,8,17H2,1-2H3. The Kier molecular flexibility index (Phi) is 3.71. The Bertz CT molecular complexity index is 446. The first-order valence-electron chi connectivity index (χ1n) is 6.38. The Morgan fingerprint density at radius 2 is 2.17 bits per heavy atom. The summed E-state index contributed by atoms with van der Waals surface area (Å²) >= 11 is 5.79. The minimum Gasteiger partial charge on any atom is -0.397 e. The third kappa shape index (κ3) is 3.08. The second kappa shape index (κ2) is 4.96. The maximum Gasteiger partial charge on any atom is 0.143 e. The molecule has 1 aromatic rings. The monoisotopic (exact) mass is 270 g/mol. The van der Waals surface area contributed by atoms with Crippen LogP contribution in [0.2, 0.25) is 5.02 Å². The van der Waals surface area contributed by atoms with E-state index >= 15 is 0 Å². The van der Waals surface area contributed by atoms with Crippen molar-refractivity contribution in [2.24, 2.45) is 5.41 Å². The Morgan fingerprint density at radius 3 is 2.83 bits per heavy atom. The highest BCUT2D eigenvalue weighted by Gasteiger charge is 2.28. The first-order valence-corrected chi connectivity index (χ1v) is 6.76. The fourth-order valence-corrected chi connectivity index (χ4v) is 2.89. The molecule has 0 spiro atoms. The highest BCUT2D eigenvalue weighted by atomic mass is 35.5. The van der Waals surface area contributed by atoms with Gasteiger partial charge in [0.2, 0.25) is 0 Å². The molecule has 0 aliphatic heterocycles. The molecule has 1 aliphatic carbocycles.